The van der Waals surface area contributed by atoms with Crippen molar-refractivity contribution >= 4 is 0 Å². The number of ether oxygens (including phenoxy) is 2. The third-order valence-electron chi connectivity index (χ3n) is 4.56. The topological polar surface area (TPSA) is 39.5 Å². The molecule has 1 saturated heterocycles. The molecule has 24 heavy (non-hydrogen) atoms. The molecule has 1 aromatic carbocycles. The lowest BCUT2D eigenvalue weighted by Crippen LogP contribution is -2.31. The van der Waals surface area contributed by atoms with Gasteiger partial charge in [-0.3, -0.25) is 9.58 Å². The molecule has 5 heteroatoms. The Morgan fingerprint density at radius 3 is 2.67 bits per heavy atom. The van der Waals surface area contributed by atoms with E-state index in [9.17, 15) is 0 Å². The van der Waals surface area contributed by atoms with Gasteiger partial charge in [0, 0.05) is 45.0 Å². The normalized spacial score (nSPS) is 17.6. The van der Waals surface area contributed by atoms with Crippen molar-refractivity contribution in [2.75, 3.05) is 20.3 Å². The van der Waals surface area contributed by atoms with E-state index in [1.165, 1.54) is 17.5 Å². The number of hydrogen-bond donors (Lipinski definition) is 0. The van der Waals surface area contributed by atoms with Gasteiger partial charge in [-0.2, -0.15) is 5.10 Å². The second kappa shape index (κ2) is 7.81. The number of aromatic nitrogens is 2. The van der Waals surface area contributed by atoms with Crippen molar-refractivity contribution in [3.8, 4) is 5.75 Å². The van der Waals surface area contributed by atoms with E-state index in [0.29, 0.717) is 6.10 Å². The zero-order chi connectivity index (χ0) is 16.9. The van der Waals surface area contributed by atoms with Crippen LogP contribution in [-0.2, 0) is 24.9 Å². The van der Waals surface area contributed by atoms with Gasteiger partial charge in [0.1, 0.15) is 5.75 Å². The van der Waals surface area contributed by atoms with E-state index in [1.54, 1.807) is 7.11 Å². The minimum atomic E-state index is 0.347. The Hall–Kier alpha value is -1.85. The van der Waals surface area contributed by atoms with Gasteiger partial charge >= 0.3 is 0 Å². The number of nitrogens with zero attached hydrogens (tertiary/aromatic N) is 3. The Labute approximate surface area is 144 Å². The number of methoxy groups -OCH3 is 1. The monoisotopic (exact) mass is 329 g/mol. The highest BCUT2D eigenvalue weighted by atomic mass is 16.5. The van der Waals surface area contributed by atoms with Gasteiger partial charge in [0.15, 0.2) is 0 Å². The smallest absolute Gasteiger partial charge is 0.118 e. The summed E-state index contributed by atoms with van der Waals surface area (Å²) in [6, 6.07) is 8.32. The highest BCUT2D eigenvalue weighted by Gasteiger charge is 2.20. The minimum Gasteiger partial charge on any atom is -0.497 e. The van der Waals surface area contributed by atoms with Gasteiger partial charge in [0.2, 0.25) is 0 Å². The average molecular weight is 329 g/mol. The van der Waals surface area contributed by atoms with Crippen LogP contribution in [0.3, 0.4) is 0 Å². The Balaban J connectivity index is 1.71. The third kappa shape index (κ3) is 4.36. The maximum atomic E-state index is 5.85. The lowest BCUT2D eigenvalue weighted by atomic mass is 10.1. The molecule has 0 saturated carbocycles. The average Bonchev–Trinajstić information content (AvgIpc) is 3.18. The van der Waals surface area contributed by atoms with E-state index in [-0.39, 0.29) is 0 Å². The van der Waals surface area contributed by atoms with Crippen molar-refractivity contribution in [3.05, 3.63) is 47.3 Å². The fourth-order valence-electron chi connectivity index (χ4n) is 3.30. The summed E-state index contributed by atoms with van der Waals surface area (Å²) >= 11 is 0. The van der Waals surface area contributed by atoms with Crippen molar-refractivity contribution in [1.29, 1.82) is 0 Å². The predicted molar refractivity (Wildman–Crippen MR) is 94.0 cm³/mol. The number of rotatable bonds is 7. The minimum absolute atomic E-state index is 0.347. The molecule has 0 bridgehead atoms. The zero-order valence-electron chi connectivity index (χ0n) is 14.9. The van der Waals surface area contributed by atoms with Crippen LogP contribution < -0.4 is 4.74 Å². The van der Waals surface area contributed by atoms with Crippen LogP contribution in [0.15, 0.2) is 30.5 Å². The molecule has 2 aromatic rings. The Morgan fingerprint density at radius 2 is 2.08 bits per heavy atom. The maximum absolute atomic E-state index is 5.85. The van der Waals surface area contributed by atoms with Crippen LogP contribution in [0.25, 0.3) is 0 Å². The number of hydrogen-bond acceptors (Lipinski definition) is 4. The Morgan fingerprint density at radius 1 is 1.29 bits per heavy atom. The lowest BCUT2D eigenvalue weighted by Gasteiger charge is -2.25. The first kappa shape index (κ1) is 17.0. The fraction of sp³-hybridized carbons (Fsp3) is 0.526. The molecule has 3 rings (SSSR count). The van der Waals surface area contributed by atoms with E-state index < -0.39 is 0 Å². The molecule has 0 N–H and O–H groups in total. The molecule has 1 atom stereocenters. The highest BCUT2D eigenvalue weighted by Crippen LogP contribution is 2.19. The summed E-state index contributed by atoms with van der Waals surface area (Å²) in [5.74, 6) is 0.896. The van der Waals surface area contributed by atoms with Crippen LogP contribution in [0.5, 0.6) is 5.75 Å². The summed E-state index contributed by atoms with van der Waals surface area (Å²) < 4.78 is 13.0. The first-order valence-electron chi connectivity index (χ1n) is 8.60. The molecule has 0 aliphatic carbocycles. The second-order valence-electron chi connectivity index (χ2n) is 6.57. The summed E-state index contributed by atoms with van der Waals surface area (Å²) in [5, 5.41) is 4.47. The lowest BCUT2D eigenvalue weighted by molar-refractivity contribution is 0.0678. The van der Waals surface area contributed by atoms with Crippen LogP contribution in [0.1, 0.15) is 29.7 Å². The van der Waals surface area contributed by atoms with Crippen molar-refractivity contribution in [1.82, 2.24) is 14.7 Å². The summed E-state index contributed by atoms with van der Waals surface area (Å²) in [4.78, 5) is 2.46. The summed E-state index contributed by atoms with van der Waals surface area (Å²) in [6.45, 7) is 5.73. The first-order valence-corrected chi connectivity index (χ1v) is 8.60. The summed E-state index contributed by atoms with van der Waals surface area (Å²) in [5.41, 5.74) is 3.67. The molecule has 1 unspecified atom stereocenters. The molecule has 0 spiro atoms. The third-order valence-corrected chi connectivity index (χ3v) is 4.56. The van der Waals surface area contributed by atoms with Gasteiger partial charge in [-0.15, -0.1) is 0 Å². The molecule has 5 nitrogen and oxygen atoms in total. The quantitative estimate of drug-likeness (QED) is 0.783. The number of aryl methyl sites for hydroxylation is 2. The van der Waals surface area contributed by atoms with E-state index in [2.05, 4.69) is 35.3 Å². The molecule has 1 aromatic heterocycles. The van der Waals surface area contributed by atoms with Gasteiger partial charge in [0.25, 0.3) is 0 Å². The fourth-order valence-corrected chi connectivity index (χ4v) is 3.30. The molecule has 1 fully saturated rings. The van der Waals surface area contributed by atoms with E-state index in [4.69, 9.17) is 9.47 Å². The van der Waals surface area contributed by atoms with Crippen molar-refractivity contribution in [2.45, 2.75) is 39.0 Å². The standard InChI is InChI=1S/C19H27N3O2/c1-15-17(12-21(2)20-15)13-22(14-19-5-4-10-24-19)11-16-6-8-18(23-3)9-7-16/h6-9,12,19H,4-5,10-11,13-14H2,1-3H3. The maximum Gasteiger partial charge on any atom is 0.118 e. The van der Waals surface area contributed by atoms with Gasteiger partial charge < -0.3 is 9.47 Å². The van der Waals surface area contributed by atoms with Crippen molar-refractivity contribution in [3.63, 3.8) is 0 Å². The molecule has 1 aliphatic rings. The highest BCUT2D eigenvalue weighted by molar-refractivity contribution is 5.27. The van der Waals surface area contributed by atoms with Crippen molar-refractivity contribution in [2.24, 2.45) is 7.05 Å². The van der Waals surface area contributed by atoms with Crippen LogP contribution in [0.4, 0.5) is 0 Å². The zero-order valence-corrected chi connectivity index (χ0v) is 14.9. The SMILES string of the molecule is COc1ccc(CN(Cc2cn(C)nc2C)CC2CCCO2)cc1. The molecule has 0 radical (unpaired) electrons. The molecule has 0 amide bonds. The van der Waals surface area contributed by atoms with Crippen LogP contribution in [0.2, 0.25) is 0 Å². The van der Waals surface area contributed by atoms with E-state index >= 15 is 0 Å². The predicted octanol–water partition coefficient (Wildman–Crippen LogP) is 2.92. The van der Waals surface area contributed by atoms with Gasteiger partial charge in [-0.05, 0) is 37.5 Å². The van der Waals surface area contributed by atoms with Gasteiger partial charge in [-0.25, -0.2) is 0 Å². The van der Waals surface area contributed by atoms with Crippen LogP contribution in [-0.4, -0.2) is 41.0 Å². The Bertz CT molecular complexity index is 645. The van der Waals surface area contributed by atoms with E-state index in [0.717, 1.165) is 44.1 Å². The van der Waals surface area contributed by atoms with Crippen molar-refractivity contribution < 1.29 is 9.47 Å². The molecular weight excluding hydrogens is 302 g/mol. The molecule has 2 heterocycles. The van der Waals surface area contributed by atoms with Crippen LogP contribution >= 0.6 is 0 Å². The first-order chi connectivity index (χ1) is 11.6. The summed E-state index contributed by atoms with van der Waals surface area (Å²) in [6.07, 6.45) is 4.80. The molecular formula is C19H27N3O2. The van der Waals surface area contributed by atoms with E-state index in [1.807, 2.05) is 23.9 Å². The largest absolute Gasteiger partial charge is 0.497 e. The summed E-state index contributed by atoms with van der Waals surface area (Å²) in [7, 11) is 3.67. The molecule has 130 valence electrons. The van der Waals surface area contributed by atoms with Gasteiger partial charge in [0.05, 0.1) is 18.9 Å². The molecule has 1 aliphatic heterocycles. The number of benzene rings is 1. The van der Waals surface area contributed by atoms with Gasteiger partial charge in [-0.1, -0.05) is 12.1 Å². The Kier molecular flexibility index (Phi) is 5.53. The second-order valence-corrected chi connectivity index (χ2v) is 6.57. The van der Waals surface area contributed by atoms with Crippen LogP contribution in [0, 0.1) is 6.92 Å².